The molecule has 0 radical (unpaired) electrons. The van der Waals surface area contributed by atoms with E-state index in [-0.39, 0.29) is 24.0 Å². The van der Waals surface area contributed by atoms with Crippen LogP contribution in [0.25, 0.3) is 0 Å². The van der Waals surface area contributed by atoms with Gasteiger partial charge in [-0.1, -0.05) is 38.1 Å². The van der Waals surface area contributed by atoms with Gasteiger partial charge in [-0.15, -0.1) is 0 Å². The maximum absolute atomic E-state index is 13.3. The predicted octanol–water partition coefficient (Wildman–Crippen LogP) is 6.23. The first-order valence-corrected chi connectivity index (χ1v) is 10.5. The molecule has 2 aromatic carbocycles. The van der Waals surface area contributed by atoms with Crippen LogP contribution >= 0.6 is 0 Å². The van der Waals surface area contributed by atoms with Crippen LogP contribution in [0.1, 0.15) is 57.7 Å². The zero-order chi connectivity index (χ0) is 23.9. The van der Waals surface area contributed by atoms with Gasteiger partial charge in [-0.05, 0) is 49.2 Å². The number of halogens is 3. The lowest BCUT2D eigenvalue weighted by Crippen LogP contribution is -2.49. The Morgan fingerprint density at radius 1 is 1.12 bits per heavy atom. The summed E-state index contributed by atoms with van der Waals surface area (Å²) in [7, 11) is 0. The number of carbonyl (C=O) groups is 2. The van der Waals surface area contributed by atoms with Crippen LogP contribution < -0.4 is 4.74 Å². The van der Waals surface area contributed by atoms with Gasteiger partial charge in [-0.25, -0.2) is 9.18 Å². The fourth-order valence-corrected chi connectivity index (χ4v) is 3.71. The molecule has 1 aliphatic rings. The van der Waals surface area contributed by atoms with E-state index in [1.54, 1.807) is 19.1 Å². The van der Waals surface area contributed by atoms with Crippen molar-refractivity contribution in [3.8, 4) is 5.75 Å². The van der Waals surface area contributed by atoms with Crippen LogP contribution in [0, 0.1) is 5.82 Å². The fourth-order valence-electron chi connectivity index (χ4n) is 3.71. The Kier molecular flexibility index (Phi) is 8.69. The monoisotopic (exact) mass is 451 g/mol. The Hall–Kier alpha value is -3.03. The van der Waals surface area contributed by atoms with E-state index in [9.17, 15) is 22.8 Å². The molecule has 0 saturated carbocycles. The highest BCUT2D eigenvalue weighted by molar-refractivity contribution is 5.78. The Morgan fingerprint density at radius 3 is 2.22 bits per heavy atom. The van der Waals surface area contributed by atoms with Crippen LogP contribution in [-0.2, 0) is 15.1 Å². The number of Topliss-reactive ketones (excluding diaryl/α,β-unsaturated/α-hetero) is 1. The first kappa shape index (κ1) is 25.2. The minimum absolute atomic E-state index is 0.00768. The summed E-state index contributed by atoms with van der Waals surface area (Å²) in [6.07, 6.45) is -0.264. The van der Waals surface area contributed by atoms with Gasteiger partial charge in [0.2, 0.25) is 0 Å². The molecule has 1 saturated heterocycles. The van der Waals surface area contributed by atoms with E-state index in [2.05, 4.69) is 4.74 Å². The lowest BCUT2D eigenvalue weighted by atomic mass is 9.84. The highest BCUT2D eigenvalue weighted by Gasteiger charge is 2.44. The van der Waals surface area contributed by atoms with Gasteiger partial charge in [-0.3, -0.25) is 4.79 Å². The second-order valence-corrected chi connectivity index (χ2v) is 7.31. The molecule has 32 heavy (non-hydrogen) atoms. The standard InChI is InChI=1S/C22H22F3NO4.C2H6/c1-14(27)13-22(17-5-7-18(23)8-6-17)11-12-26(21(28)30-22)15(2)16-3-9-19(10-4-16)29-20(24)25;1-2/h3-10,15,20H,11-13H2,1-2H3;1-2H3. The zero-order valence-corrected chi connectivity index (χ0v) is 18.6. The molecule has 0 spiro atoms. The van der Waals surface area contributed by atoms with E-state index in [4.69, 9.17) is 4.74 Å². The molecular weight excluding hydrogens is 423 g/mol. The van der Waals surface area contributed by atoms with Crippen molar-refractivity contribution in [2.75, 3.05) is 6.54 Å². The second kappa shape index (κ2) is 11.0. The quantitative estimate of drug-likeness (QED) is 0.501. The highest BCUT2D eigenvalue weighted by atomic mass is 19.3. The summed E-state index contributed by atoms with van der Waals surface area (Å²) in [6.45, 7) is 4.60. The van der Waals surface area contributed by atoms with Gasteiger partial charge >= 0.3 is 12.7 Å². The van der Waals surface area contributed by atoms with E-state index >= 15 is 0 Å². The summed E-state index contributed by atoms with van der Waals surface area (Å²) in [5, 5.41) is 0. The van der Waals surface area contributed by atoms with Gasteiger partial charge in [0.1, 0.15) is 23.0 Å². The molecule has 0 bridgehead atoms. The molecule has 0 N–H and O–H groups in total. The van der Waals surface area contributed by atoms with Crippen LogP contribution in [0.4, 0.5) is 18.0 Å². The number of ether oxygens (including phenoxy) is 2. The van der Waals surface area contributed by atoms with E-state index in [1.807, 2.05) is 13.8 Å². The first-order chi connectivity index (χ1) is 15.2. The smallest absolute Gasteiger partial charge is 0.411 e. The number of hydrogen-bond donors (Lipinski definition) is 0. The molecule has 2 atom stereocenters. The molecule has 1 heterocycles. The number of benzene rings is 2. The largest absolute Gasteiger partial charge is 0.437 e. The van der Waals surface area contributed by atoms with E-state index < -0.39 is 24.1 Å². The normalized spacial score (nSPS) is 19.0. The molecule has 2 aromatic rings. The van der Waals surface area contributed by atoms with Crippen molar-refractivity contribution in [3.05, 3.63) is 65.5 Å². The third-order valence-electron chi connectivity index (χ3n) is 5.23. The lowest BCUT2D eigenvalue weighted by Gasteiger charge is -2.43. The topological polar surface area (TPSA) is 55.8 Å². The van der Waals surface area contributed by atoms with E-state index in [0.717, 1.165) is 5.56 Å². The van der Waals surface area contributed by atoms with Crippen LogP contribution in [0.15, 0.2) is 48.5 Å². The van der Waals surface area contributed by atoms with Gasteiger partial charge in [0, 0.05) is 13.0 Å². The maximum Gasteiger partial charge on any atom is 0.411 e. The van der Waals surface area contributed by atoms with Crippen LogP contribution in [0.5, 0.6) is 5.75 Å². The van der Waals surface area contributed by atoms with E-state index in [1.165, 1.54) is 48.2 Å². The Bertz CT molecular complexity index is 902. The number of alkyl halides is 2. The summed E-state index contributed by atoms with van der Waals surface area (Å²) in [6, 6.07) is 11.2. The molecule has 1 fully saturated rings. The summed E-state index contributed by atoms with van der Waals surface area (Å²) < 4.78 is 48.1. The number of ketones is 1. The molecule has 1 aliphatic heterocycles. The van der Waals surface area contributed by atoms with Crippen molar-refractivity contribution in [1.29, 1.82) is 0 Å². The van der Waals surface area contributed by atoms with Crippen molar-refractivity contribution in [1.82, 2.24) is 4.90 Å². The van der Waals surface area contributed by atoms with Crippen molar-refractivity contribution >= 4 is 11.9 Å². The Labute approximate surface area is 186 Å². The minimum atomic E-state index is -2.91. The maximum atomic E-state index is 13.3. The number of hydrogen-bond acceptors (Lipinski definition) is 4. The number of cyclic esters (lactones) is 1. The Morgan fingerprint density at radius 2 is 1.72 bits per heavy atom. The number of rotatable bonds is 7. The van der Waals surface area contributed by atoms with Crippen molar-refractivity contribution in [2.45, 2.75) is 58.8 Å². The zero-order valence-electron chi connectivity index (χ0n) is 18.6. The van der Waals surface area contributed by atoms with Crippen LogP contribution in [0.3, 0.4) is 0 Å². The molecule has 0 aromatic heterocycles. The van der Waals surface area contributed by atoms with E-state index in [0.29, 0.717) is 18.5 Å². The molecule has 174 valence electrons. The van der Waals surface area contributed by atoms with Crippen LogP contribution in [-0.4, -0.2) is 29.9 Å². The molecule has 0 aliphatic carbocycles. The lowest BCUT2D eigenvalue weighted by molar-refractivity contribution is -0.126. The summed E-state index contributed by atoms with van der Waals surface area (Å²) in [5.74, 6) is -0.546. The van der Waals surface area contributed by atoms with Gasteiger partial charge < -0.3 is 14.4 Å². The number of nitrogens with zero attached hydrogens (tertiary/aromatic N) is 1. The van der Waals surface area contributed by atoms with Gasteiger partial charge in [0.05, 0.1) is 12.5 Å². The average molecular weight is 451 g/mol. The van der Waals surface area contributed by atoms with Gasteiger partial charge in [0.25, 0.3) is 0 Å². The number of amides is 1. The minimum Gasteiger partial charge on any atom is -0.437 e. The molecule has 2 unspecified atom stereocenters. The second-order valence-electron chi connectivity index (χ2n) is 7.31. The van der Waals surface area contributed by atoms with Gasteiger partial charge in [0.15, 0.2) is 0 Å². The SMILES string of the molecule is CC.CC(=O)CC1(c2ccc(F)cc2)CCN(C(C)c2ccc(OC(F)F)cc2)C(=O)O1. The number of carbonyl (C=O) groups excluding carboxylic acids is 2. The average Bonchev–Trinajstić information content (AvgIpc) is 2.75. The third-order valence-corrected chi connectivity index (χ3v) is 5.23. The van der Waals surface area contributed by atoms with Crippen molar-refractivity contribution in [3.63, 3.8) is 0 Å². The molecule has 8 heteroatoms. The first-order valence-electron chi connectivity index (χ1n) is 10.5. The fraction of sp³-hybridized carbons (Fsp3) is 0.417. The molecule has 3 rings (SSSR count). The summed E-state index contributed by atoms with van der Waals surface area (Å²) >= 11 is 0. The van der Waals surface area contributed by atoms with Crippen molar-refractivity contribution in [2.24, 2.45) is 0 Å². The predicted molar refractivity (Wildman–Crippen MR) is 114 cm³/mol. The van der Waals surface area contributed by atoms with Crippen LogP contribution in [0.2, 0.25) is 0 Å². The molecule has 1 amide bonds. The van der Waals surface area contributed by atoms with Gasteiger partial charge in [-0.2, -0.15) is 8.78 Å². The third kappa shape index (κ3) is 6.02. The molecule has 5 nitrogen and oxygen atoms in total. The summed E-state index contributed by atoms with van der Waals surface area (Å²) in [4.78, 5) is 26.2. The van der Waals surface area contributed by atoms with Crippen molar-refractivity contribution < 1.29 is 32.2 Å². The Balaban J connectivity index is 0.00000176. The summed E-state index contributed by atoms with van der Waals surface area (Å²) in [5.41, 5.74) is 0.129. The highest BCUT2D eigenvalue weighted by Crippen LogP contribution is 2.40. The molecular formula is C24H28F3NO4.